The van der Waals surface area contributed by atoms with Crippen LogP contribution in [0.2, 0.25) is 0 Å². The summed E-state index contributed by atoms with van der Waals surface area (Å²) in [4.78, 5) is 12.2. The van der Waals surface area contributed by atoms with Crippen LogP contribution in [0.4, 0.5) is 5.69 Å². The number of rotatable bonds is 3. The van der Waals surface area contributed by atoms with Crippen LogP contribution < -0.4 is 5.32 Å². The second kappa shape index (κ2) is 4.52. The number of anilines is 1. The summed E-state index contributed by atoms with van der Waals surface area (Å²) in [6, 6.07) is 6.13. The maximum Gasteiger partial charge on any atom is 0.163 e. The highest BCUT2D eigenvalue weighted by Crippen LogP contribution is 2.30. The molecular weight excluding hydrogens is 210 g/mol. The van der Waals surface area contributed by atoms with Gasteiger partial charge in [0.2, 0.25) is 0 Å². The first-order chi connectivity index (χ1) is 8.33. The SMILES string of the molecule is O=C(CC1CCCC1)c1ccc2c(c1)CCN2. The number of carbonyl (C=O) groups excluding carboxylic acids is 1. The van der Waals surface area contributed by atoms with Crippen LogP contribution in [0.15, 0.2) is 18.2 Å². The Kier molecular flexibility index (Phi) is 2.87. The highest BCUT2D eigenvalue weighted by molar-refractivity contribution is 5.97. The standard InChI is InChI=1S/C15H19NO/c17-15(9-11-3-1-2-4-11)13-5-6-14-12(10-13)7-8-16-14/h5-6,10-11,16H,1-4,7-9H2. The molecule has 90 valence electrons. The van der Waals surface area contributed by atoms with Crippen molar-refractivity contribution in [3.63, 3.8) is 0 Å². The maximum absolute atomic E-state index is 12.2. The first-order valence-electron chi connectivity index (χ1n) is 6.73. The molecule has 0 saturated heterocycles. The van der Waals surface area contributed by atoms with Crippen molar-refractivity contribution in [2.45, 2.75) is 38.5 Å². The molecular formula is C15H19NO. The van der Waals surface area contributed by atoms with Gasteiger partial charge in [-0.25, -0.2) is 0 Å². The van der Waals surface area contributed by atoms with E-state index in [0.717, 1.165) is 24.9 Å². The van der Waals surface area contributed by atoms with Gasteiger partial charge in [-0.3, -0.25) is 4.79 Å². The van der Waals surface area contributed by atoms with Crippen LogP contribution in [-0.4, -0.2) is 12.3 Å². The summed E-state index contributed by atoms with van der Waals surface area (Å²) in [6.07, 6.45) is 6.93. The molecule has 1 aliphatic carbocycles. The van der Waals surface area contributed by atoms with Crippen molar-refractivity contribution in [1.29, 1.82) is 0 Å². The molecule has 1 fully saturated rings. The van der Waals surface area contributed by atoms with E-state index in [4.69, 9.17) is 0 Å². The van der Waals surface area contributed by atoms with E-state index in [1.807, 2.05) is 6.07 Å². The number of carbonyl (C=O) groups is 1. The fourth-order valence-electron chi connectivity index (χ4n) is 3.07. The minimum atomic E-state index is 0.339. The van der Waals surface area contributed by atoms with Crippen molar-refractivity contribution < 1.29 is 4.79 Å². The molecule has 0 amide bonds. The molecule has 1 heterocycles. The van der Waals surface area contributed by atoms with E-state index < -0.39 is 0 Å². The van der Waals surface area contributed by atoms with Gasteiger partial charge in [0.25, 0.3) is 0 Å². The molecule has 0 aromatic heterocycles. The smallest absolute Gasteiger partial charge is 0.163 e. The van der Waals surface area contributed by atoms with Gasteiger partial charge >= 0.3 is 0 Å². The average molecular weight is 229 g/mol. The first kappa shape index (κ1) is 10.8. The minimum Gasteiger partial charge on any atom is -0.384 e. The summed E-state index contributed by atoms with van der Waals surface area (Å²) in [5.74, 6) is 0.987. The second-order valence-electron chi connectivity index (χ2n) is 5.33. The number of benzene rings is 1. The van der Waals surface area contributed by atoms with Crippen LogP contribution in [0.3, 0.4) is 0 Å². The molecule has 0 atom stereocenters. The normalized spacial score (nSPS) is 19.1. The molecule has 2 nitrogen and oxygen atoms in total. The third-order valence-corrected chi connectivity index (χ3v) is 4.09. The van der Waals surface area contributed by atoms with Crippen LogP contribution in [-0.2, 0) is 6.42 Å². The molecule has 1 aromatic rings. The number of Topliss-reactive ketones (excluding diaryl/α,β-unsaturated/α-hetero) is 1. The van der Waals surface area contributed by atoms with E-state index in [0.29, 0.717) is 11.7 Å². The van der Waals surface area contributed by atoms with E-state index >= 15 is 0 Å². The zero-order valence-corrected chi connectivity index (χ0v) is 10.2. The summed E-state index contributed by atoms with van der Waals surface area (Å²) in [7, 11) is 0. The Morgan fingerprint density at radius 3 is 2.94 bits per heavy atom. The number of fused-ring (bicyclic) bond motifs is 1. The lowest BCUT2D eigenvalue weighted by atomic mass is 9.96. The Balaban J connectivity index is 1.72. The van der Waals surface area contributed by atoms with Crippen LogP contribution in [0.1, 0.15) is 48.0 Å². The third-order valence-electron chi connectivity index (χ3n) is 4.09. The minimum absolute atomic E-state index is 0.339. The number of hydrogen-bond acceptors (Lipinski definition) is 2. The lowest BCUT2D eigenvalue weighted by Gasteiger charge is -2.08. The number of hydrogen-bond donors (Lipinski definition) is 1. The lowest BCUT2D eigenvalue weighted by molar-refractivity contribution is 0.0962. The summed E-state index contributed by atoms with van der Waals surface area (Å²) < 4.78 is 0. The molecule has 0 radical (unpaired) electrons. The molecule has 0 spiro atoms. The third kappa shape index (κ3) is 2.21. The van der Waals surface area contributed by atoms with Crippen LogP contribution in [0, 0.1) is 5.92 Å². The maximum atomic E-state index is 12.2. The predicted octanol–water partition coefficient (Wildman–Crippen LogP) is 3.42. The van der Waals surface area contributed by atoms with E-state index in [1.165, 1.54) is 36.9 Å². The quantitative estimate of drug-likeness (QED) is 0.805. The van der Waals surface area contributed by atoms with Crippen molar-refractivity contribution in [1.82, 2.24) is 0 Å². The Labute approximate surface area is 102 Å². The second-order valence-corrected chi connectivity index (χ2v) is 5.33. The Morgan fingerprint density at radius 2 is 2.12 bits per heavy atom. The van der Waals surface area contributed by atoms with E-state index in [9.17, 15) is 4.79 Å². The fourth-order valence-corrected chi connectivity index (χ4v) is 3.07. The van der Waals surface area contributed by atoms with E-state index in [1.54, 1.807) is 0 Å². The van der Waals surface area contributed by atoms with Crippen LogP contribution >= 0.6 is 0 Å². The molecule has 2 aliphatic rings. The molecule has 1 saturated carbocycles. The van der Waals surface area contributed by atoms with Crippen molar-refractivity contribution in [2.75, 3.05) is 11.9 Å². The summed E-state index contributed by atoms with van der Waals surface area (Å²) in [5, 5.41) is 3.33. The van der Waals surface area contributed by atoms with Gasteiger partial charge in [0.15, 0.2) is 5.78 Å². The van der Waals surface area contributed by atoms with Gasteiger partial charge in [-0.2, -0.15) is 0 Å². The van der Waals surface area contributed by atoms with Gasteiger partial charge in [0.1, 0.15) is 0 Å². The predicted molar refractivity (Wildman–Crippen MR) is 69.5 cm³/mol. The Bertz CT molecular complexity index is 433. The summed E-state index contributed by atoms with van der Waals surface area (Å²) >= 11 is 0. The van der Waals surface area contributed by atoms with Crippen LogP contribution in [0.25, 0.3) is 0 Å². The monoisotopic (exact) mass is 229 g/mol. The number of ketones is 1. The topological polar surface area (TPSA) is 29.1 Å². The molecule has 1 N–H and O–H groups in total. The summed E-state index contributed by atoms with van der Waals surface area (Å²) in [5.41, 5.74) is 3.43. The van der Waals surface area contributed by atoms with Gasteiger partial charge in [-0.15, -0.1) is 0 Å². The highest BCUT2D eigenvalue weighted by atomic mass is 16.1. The van der Waals surface area contributed by atoms with Gasteiger partial charge < -0.3 is 5.32 Å². The van der Waals surface area contributed by atoms with Crippen molar-refractivity contribution in [2.24, 2.45) is 5.92 Å². The largest absolute Gasteiger partial charge is 0.384 e. The molecule has 17 heavy (non-hydrogen) atoms. The van der Waals surface area contributed by atoms with Crippen molar-refractivity contribution >= 4 is 11.5 Å². The Morgan fingerprint density at radius 1 is 1.29 bits per heavy atom. The van der Waals surface area contributed by atoms with E-state index in [-0.39, 0.29) is 0 Å². The average Bonchev–Trinajstić information content (AvgIpc) is 2.97. The number of nitrogens with one attached hydrogen (secondary N) is 1. The molecule has 1 aliphatic heterocycles. The zero-order valence-electron chi connectivity index (χ0n) is 10.2. The molecule has 2 heteroatoms. The Hall–Kier alpha value is -1.31. The molecule has 0 unspecified atom stereocenters. The van der Waals surface area contributed by atoms with Crippen molar-refractivity contribution in [3.05, 3.63) is 29.3 Å². The molecule has 1 aromatic carbocycles. The first-order valence-corrected chi connectivity index (χ1v) is 6.73. The van der Waals surface area contributed by atoms with Crippen molar-refractivity contribution in [3.8, 4) is 0 Å². The van der Waals surface area contributed by atoms with Gasteiger partial charge in [-0.05, 0) is 36.1 Å². The van der Waals surface area contributed by atoms with Crippen LogP contribution in [0.5, 0.6) is 0 Å². The van der Waals surface area contributed by atoms with E-state index in [2.05, 4.69) is 17.4 Å². The zero-order chi connectivity index (χ0) is 11.7. The molecule has 3 rings (SSSR count). The highest BCUT2D eigenvalue weighted by Gasteiger charge is 2.20. The van der Waals surface area contributed by atoms with Gasteiger partial charge in [0, 0.05) is 24.2 Å². The van der Waals surface area contributed by atoms with Gasteiger partial charge in [-0.1, -0.05) is 25.7 Å². The van der Waals surface area contributed by atoms with Gasteiger partial charge in [0.05, 0.1) is 0 Å². The fraction of sp³-hybridized carbons (Fsp3) is 0.533. The molecule has 0 bridgehead atoms. The lowest BCUT2D eigenvalue weighted by Crippen LogP contribution is -2.06. The summed E-state index contributed by atoms with van der Waals surface area (Å²) in [6.45, 7) is 1.01.